The van der Waals surface area contributed by atoms with Crippen LogP contribution >= 0.6 is 0 Å². The molecule has 0 aliphatic carbocycles. The van der Waals surface area contributed by atoms with Gasteiger partial charge in [0.25, 0.3) is 5.78 Å². The molecule has 2 heterocycles. The van der Waals surface area contributed by atoms with Gasteiger partial charge in [0.15, 0.2) is 5.82 Å². The Morgan fingerprint density at radius 3 is 2.63 bits per heavy atom. The summed E-state index contributed by atoms with van der Waals surface area (Å²) in [4.78, 5) is 16.4. The second kappa shape index (κ2) is 8.48. The summed E-state index contributed by atoms with van der Waals surface area (Å²) in [6.07, 6.45) is 1.00. The van der Waals surface area contributed by atoms with E-state index in [2.05, 4.69) is 20.5 Å². The summed E-state index contributed by atoms with van der Waals surface area (Å²) in [5, 5.41) is 11.1. The molecule has 27 heavy (non-hydrogen) atoms. The van der Waals surface area contributed by atoms with Crippen LogP contribution in [-0.4, -0.2) is 39.2 Å². The van der Waals surface area contributed by atoms with E-state index in [1.165, 1.54) is 0 Å². The number of methoxy groups -OCH3 is 1. The summed E-state index contributed by atoms with van der Waals surface area (Å²) in [7, 11) is 1.62. The first-order valence-corrected chi connectivity index (χ1v) is 8.78. The highest BCUT2D eigenvalue weighted by Crippen LogP contribution is 2.17. The number of nitrogens with zero attached hydrogens (tertiary/aromatic N) is 4. The molecule has 0 aliphatic heterocycles. The topological polar surface area (TPSA) is 90.6 Å². The maximum absolute atomic E-state index is 12.1. The molecule has 1 amide bonds. The van der Waals surface area contributed by atoms with Gasteiger partial charge in [0.2, 0.25) is 5.91 Å². The molecule has 0 saturated heterocycles. The molecule has 0 spiro atoms. The molecule has 0 radical (unpaired) electrons. The van der Waals surface area contributed by atoms with Gasteiger partial charge in [0, 0.05) is 17.8 Å². The van der Waals surface area contributed by atoms with Crippen LogP contribution in [0.4, 0.5) is 0 Å². The van der Waals surface area contributed by atoms with E-state index in [0.717, 1.165) is 22.9 Å². The van der Waals surface area contributed by atoms with Crippen molar-refractivity contribution in [2.45, 2.75) is 33.2 Å². The second-order valence-electron chi connectivity index (χ2n) is 6.19. The molecule has 8 nitrogen and oxygen atoms in total. The molecule has 8 heteroatoms. The number of aryl methyl sites for hydroxylation is 2. The van der Waals surface area contributed by atoms with Crippen molar-refractivity contribution in [1.29, 1.82) is 0 Å². The standard InChI is InChI=1S/C19H23N5O3/c1-13-11-14(2)24-17(22-23-19(24)21-13)12-20-18(25)5-4-10-27-16-8-6-15(26-3)7-9-16/h6-9,11H,4-5,10,12H2,1-3H3,(H,20,25). The van der Waals surface area contributed by atoms with Crippen molar-refractivity contribution < 1.29 is 14.3 Å². The number of carbonyl (C=O) groups excluding carboxylic acids is 1. The zero-order valence-electron chi connectivity index (χ0n) is 15.7. The number of hydrogen-bond acceptors (Lipinski definition) is 6. The van der Waals surface area contributed by atoms with Gasteiger partial charge in [-0.15, -0.1) is 10.2 Å². The monoisotopic (exact) mass is 369 g/mol. The Bertz CT molecular complexity index is 921. The average Bonchev–Trinajstić information content (AvgIpc) is 3.07. The molecule has 0 saturated carbocycles. The molecule has 1 aromatic carbocycles. The van der Waals surface area contributed by atoms with Crippen molar-refractivity contribution in [3.05, 3.63) is 47.5 Å². The number of benzene rings is 1. The smallest absolute Gasteiger partial charge is 0.255 e. The molecule has 0 atom stereocenters. The maximum atomic E-state index is 12.1. The van der Waals surface area contributed by atoms with Gasteiger partial charge in [-0.05, 0) is 50.6 Å². The minimum Gasteiger partial charge on any atom is -0.497 e. The normalized spacial score (nSPS) is 10.8. The number of aromatic nitrogens is 4. The van der Waals surface area contributed by atoms with Crippen LogP contribution < -0.4 is 14.8 Å². The van der Waals surface area contributed by atoms with E-state index in [1.807, 2.05) is 48.6 Å². The van der Waals surface area contributed by atoms with Crippen LogP contribution in [0.2, 0.25) is 0 Å². The maximum Gasteiger partial charge on any atom is 0.255 e. The van der Waals surface area contributed by atoms with Crippen molar-refractivity contribution in [1.82, 2.24) is 24.9 Å². The third kappa shape index (κ3) is 4.72. The van der Waals surface area contributed by atoms with Gasteiger partial charge in [-0.1, -0.05) is 0 Å². The van der Waals surface area contributed by atoms with Gasteiger partial charge < -0.3 is 14.8 Å². The van der Waals surface area contributed by atoms with E-state index in [4.69, 9.17) is 9.47 Å². The Labute approximate surface area is 157 Å². The highest BCUT2D eigenvalue weighted by molar-refractivity contribution is 5.75. The molecule has 3 aromatic rings. The largest absolute Gasteiger partial charge is 0.497 e. The average molecular weight is 369 g/mol. The van der Waals surface area contributed by atoms with Crippen LogP contribution in [0.5, 0.6) is 11.5 Å². The lowest BCUT2D eigenvalue weighted by atomic mass is 10.3. The third-order valence-electron chi connectivity index (χ3n) is 4.08. The minimum absolute atomic E-state index is 0.0530. The van der Waals surface area contributed by atoms with Gasteiger partial charge >= 0.3 is 0 Å². The molecule has 2 aromatic heterocycles. The highest BCUT2D eigenvalue weighted by Gasteiger charge is 2.10. The van der Waals surface area contributed by atoms with Crippen LogP contribution in [0.1, 0.15) is 30.1 Å². The highest BCUT2D eigenvalue weighted by atomic mass is 16.5. The second-order valence-corrected chi connectivity index (χ2v) is 6.19. The van der Waals surface area contributed by atoms with Crippen molar-refractivity contribution in [2.24, 2.45) is 0 Å². The lowest BCUT2D eigenvalue weighted by Crippen LogP contribution is -2.24. The zero-order valence-corrected chi connectivity index (χ0v) is 15.7. The van der Waals surface area contributed by atoms with Gasteiger partial charge in [0.05, 0.1) is 20.3 Å². The van der Waals surface area contributed by atoms with E-state index in [0.29, 0.717) is 37.6 Å². The van der Waals surface area contributed by atoms with E-state index in [9.17, 15) is 4.79 Å². The summed E-state index contributed by atoms with van der Waals surface area (Å²) in [6, 6.07) is 9.31. The van der Waals surface area contributed by atoms with Crippen molar-refractivity contribution in [3.63, 3.8) is 0 Å². The fraction of sp³-hybridized carbons (Fsp3) is 0.368. The molecule has 0 unspecified atom stereocenters. The Balaban J connectivity index is 1.43. The molecule has 0 fully saturated rings. The molecule has 142 valence electrons. The summed E-state index contributed by atoms with van der Waals surface area (Å²) in [5.74, 6) is 2.69. The number of rotatable bonds is 8. The SMILES string of the molecule is COc1ccc(OCCCC(=O)NCc2nnc3nc(C)cc(C)n23)cc1. The predicted molar refractivity (Wildman–Crippen MR) is 99.8 cm³/mol. The van der Waals surface area contributed by atoms with Crippen LogP contribution in [0.3, 0.4) is 0 Å². The van der Waals surface area contributed by atoms with Gasteiger partial charge in [0.1, 0.15) is 11.5 Å². The van der Waals surface area contributed by atoms with Gasteiger partial charge in [-0.3, -0.25) is 9.20 Å². The van der Waals surface area contributed by atoms with E-state index < -0.39 is 0 Å². The fourth-order valence-corrected chi connectivity index (χ4v) is 2.77. The fourth-order valence-electron chi connectivity index (χ4n) is 2.77. The molecule has 0 bridgehead atoms. The first-order valence-electron chi connectivity index (χ1n) is 8.78. The van der Waals surface area contributed by atoms with Crippen molar-refractivity contribution in [3.8, 4) is 11.5 Å². The number of amides is 1. The molecular formula is C19H23N5O3. The quantitative estimate of drug-likeness (QED) is 0.612. The van der Waals surface area contributed by atoms with Gasteiger partial charge in [-0.2, -0.15) is 0 Å². The lowest BCUT2D eigenvalue weighted by Gasteiger charge is -2.08. The van der Waals surface area contributed by atoms with Crippen LogP contribution in [0.25, 0.3) is 5.78 Å². The number of hydrogen-bond donors (Lipinski definition) is 1. The molecule has 0 aliphatic rings. The number of fused-ring (bicyclic) bond motifs is 1. The molecule has 3 rings (SSSR count). The van der Waals surface area contributed by atoms with Crippen molar-refractivity contribution in [2.75, 3.05) is 13.7 Å². The minimum atomic E-state index is -0.0530. The molecule has 1 N–H and O–H groups in total. The number of nitrogens with one attached hydrogen (secondary N) is 1. The first-order chi connectivity index (χ1) is 13.1. The summed E-state index contributed by atoms with van der Waals surface area (Å²) < 4.78 is 12.6. The van der Waals surface area contributed by atoms with Gasteiger partial charge in [-0.25, -0.2) is 4.98 Å². The Morgan fingerprint density at radius 2 is 1.89 bits per heavy atom. The predicted octanol–water partition coefficient (Wildman–Crippen LogP) is 2.23. The lowest BCUT2D eigenvalue weighted by molar-refractivity contribution is -0.121. The summed E-state index contributed by atoms with van der Waals surface area (Å²) >= 11 is 0. The number of ether oxygens (including phenoxy) is 2. The van der Waals surface area contributed by atoms with E-state index in [-0.39, 0.29) is 5.91 Å². The Hall–Kier alpha value is -3.16. The van der Waals surface area contributed by atoms with E-state index in [1.54, 1.807) is 7.11 Å². The Morgan fingerprint density at radius 1 is 1.15 bits per heavy atom. The summed E-state index contributed by atoms with van der Waals surface area (Å²) in [5.41, 5.74) is 1.87. The van der Waals surface area contributed by atoms with Crippen LogP contribution in [0.15, 0.2) is 30.3 Å². The molecular weight excluding hydrogens is 346 g/mol. The van der Waals surface area contributed by atoms with Crippen LogP contribution in [0, 0.1) is 13.8 Å². The Kier molecular flexibility index (Phi) is 5.85. The summed E-state index contributed by atoms with van der Waals surface area (Å²) in [6.45, 7) is 4.66. The zero-order chi connectivity index (χ0) is 19.2. The third-order valence-corrected chi connectivity index (χ3v) is 4.08. The van der Waals surface area contributed by atoms with E-state index >= 15 is 0 Å². The van der Waals surface area contributed by atoms with Crippen molar-refractivity contribution >= 4 is 11.7 Å². The van der Waals surface area contributed by atoms with Crippen LogP contribution in [-0.2, 0) is 11.3 Å². The number of carbonyl (C=O) groups is 1. The first kappa shape index (κ1) is 18.6.